The van der Waals surface area contributed by atoms with Crippen molar-refractivity contribution in [3.05, 3.63) is 59.2 Å². The van der Waals surface area contributed by atoms with Crippen LogP contribution < -0.4 is 16.0 Å². The first kappa shape index (κ1) is 34.1. The number of nitrogens with zero attached hydrogens (tertiary/aromatic N) is 4. The van der Waals surface area contributed by atoms with E-state index in [2.05, 4.69) is 36.0 Å². The van der Waals surface area contributed by atoms with Gasteiger partial charge in [0.1, 0.15) is 6.04 Å². The number of ketones is 1. The number of benzene rings is 2. The maximum atomic E-state index is 12.7. The lowest BCUT2D eigenvalue weighted by molar-refractivity contribution is -0.109. The molecular formula is C29H43N7O4. The molecule has 2 aromatic rings. The van der Waals surface area contributed by atoms with Crippen molar-refractivity contribution < 1.29 is 19.2 Å². The van der Waals surface area contributed by atoms with Crippen molar-refractivity contribution in [3.8, 4) is 0 Å². The Morgan fingerprint density at radius 1 is 0.925 bits per heavy atom. The van der Waals surface area contributed by atoms with Gasteiger partial charge in [0, 0.05) is 24.2 Å². The smallest absolute Gasteiger partial charge is 0.251 e. The number of Topliss-reactive ketones (excluding diaryl/α,β-unsaturated/α-hetero) is 1. The van der Waals surface area contributed by atoms with Gasteiger partial charge in [-0.15, -0.1) is 0 Å². The van der Waals surface area contributed by atoms with Gasteiger partial charge in [-0.05, 0) is 104 Å². The highest BCUT2D eigenvalue weighted by Crippen LogP contribution is 2.21. The van der Waals surface area contributed by atoms with Crippen LogP contribution in [-0.2, 0) is 9.59 Å². The molecule has 1 atom stereocenters. The number of azo groups is 1. The van der Waals surface area contributed by atoms with E-state index in [4.69, 9.17) is 0 Å². The molecule has 2 rings (SSSR count). The average molecular weight is 554 g/mol. The molecule has 40 heavy (non-hydrogen) atoms. The Balaban J connectivity index is 0.000000763. The highest BCUT2D eigenvalue weighted by atomic mass is 16.2. The van der Waals surface area contributed by atoms with Crippen LogP contribution in [0.15, 0.2) is 52.7 Å². The van der Waals surface area contributed by atoms with E-state index in [1.54, 1.807) is 49.4 Å². The van der Waals surface area contributed by atoms with Crippen molar-refractivity contribution >= 4 is 35.9 Å². The third-order valence-corrected chi connectivity index (χ3v) is 5.53. The Bertz CT molecular complexity index is 1120. The summed E-state index contributed by atoms with van der Waals surface area (Å²) in [5.74, 6) is -0.433. The Kier molecular flexibility index (Phi) is 16.3. The zero-order valence-corrected chi connectivity index (χ0v) is 24.4. The van der Waals surface area contributed by atoms with Crippen molar-refractivity contribution in [2.24, 2.45) is 10.2 Å². The minimum Gasteiger partial charge on any atom is -0.359 e. The molecule has 0 aliphatic carbocycles. The molecule has 0 aromatic heterocycles. The van der Waals surface area contributed by atoms with Gasteiger partial charge in [-0.3, -0.25) is 19.2 Å². The van der Waals surface area contributed by atoms with Gasteiger partial charge in [0.25, 0.3) is 5.91 Å². The topological polar surface area (TPSA) is 136 Å². The first-order valence-corrected chi connectivity index (χ1v) is 13.2. The molecule has 218 valence electrons. The number of hydrogen-bond donors (Lipinski definition) is 3. The summed E-state index contributed by atoms with van der Waals surface area (Å²) >= 11 is 0. The van der Waals surface area contributed by atoms with Crippen molar-refractivity contribution in [2.45, 2.75) is 32.7 Å². The maximum absolute atomic E-state index is 12.7. The second kappa shape index (κ2) is 19.2. The Hall–Kier alpha value is -3.96. The number of hydrogen-bond acceptors (Lipinski definition) is 8. The van der Waals surface area contributed by atoms with Crippen LogP contribution in [0, 0.1) is 6.92 Å². The Morgan fingerprint density at radius 3 is 2.20 bits per heavy atom. The van der Waals surface area contributed by atoms with Crippen LogP contribution in [0.4, 0.5) is 11.4 Å². The van der Waals surface area contributed by atoms with Gasteiger partial charge in [-0.25, -0.2) is 0 Å². The van der Waals surface area contributed by atoms with Crippen molar-refractivity contribution in [3.63, 3.8) is 0 Å². The number of anilines is 1. The zero-order chi connectivity index (χ0) is 29.9. The van der Waals surface area contributed by atoms with E-state index in [9.17, 15) is 19.2 Å². The largest absolute Gasteiger partial charge is 0.359 e. The molecule has 0 saturated carbocycles. The molecule has 0 fully saturated rings. The van der Waals surface area contributed by atoms with Crippen LogP contribution in [0.1, 0.15) is 46.0 Å². The lowest BCUT2D eigenvalue weighted by atomic mass is 10.0. The van der Waals surface area contributed by atoms with Gasteiger partial charge in [0.05, 0.1) is 11.4 Å². The predicted molar refractivity (Wildman–Crippen MR) is 158 cm³/mol. The molecule has 0 spiro atoms. The fraction of sp³-hybridized carbons (Fsp3) is 0.448. The Labute approximate surface area is 237 Å². The molecule has 3 amide bonds. The number of rotatable bonds is 16. The summed E-state index contributed by atoms with van der Waals surface area (Å²) in [6.45, 7) is 6.80. The van der Waals surface area contributed by atoms with Crippen molar-refractivity contribution in [1.82, 2.24) is 20.4 Å². The number of carbonyl (C=O) groups is 4. The molecule has 0 radical (unpaired) electrons. The van der Waals surface area contributed by atoms with Gasteiger partial charge in [-0.2, -0.15) is 10.2 Å². The molecular weight excluding hydrogens is 510 g/mol. The molecule has 3 N–H and O–H groups in total. The molecule has 11 nitrogen and oxygen atoms in total. The molecule has 0 heterocycles. The Morgan fingerprint density at radius 2 is 1.57 bits per heavy atom. The van der Waals surface area contributed by atoms with E-state index in [1.807, 2.05) is 35.1 Å². The average Bonchev–Trinajstić information content (AvgIpc) is 2.92. The van der Waals surface area contributed by atoms with Crippen LogP contribution in [0.5, 0.6) is 0 Å². The summed E-state index contributed by atoms with van der Waals surface area (Å²) in [5, 5.41) is 16.3. The lowest BCUT2D eigenvalue weighted by Crippen LogP contribution is -2.27. The highest BCUT2D eigenvalue weighted by Gasteiger charge is 2.18. The number of amides is 3. The first-order valence-electron chi connectivity index (χ1n) is 13.2. The van der Waals surface area contributed by atoms with Crippen LogP contribution >= 0.6 is 0 Å². The first-order chi connectivity index (χ1) is 19.1. The van der Waals surface area contributed by atoms with Gasteiger partial charge in [0.15, 0.2) is 5.78 Å². The van der Waals surface area contributed by atoms with E-state index in [0.29, 0.717) is 35.5 Å². The summed E-state index contributed by atoms with van der Waals surface area (Å²) in [5.41, 5.74) is 2.65. The van der Waals surface area contributed by atoms with Crippen LogP contribution in [0.2, 0.25) is 0 Å². The third-order valence-electron chi connectivity index (χ3n) is 5.53. The molecule has 2 aromatic carbocycles. The second-order valence-corrected chi connectivity index (χ2v) is 9.76. The van der Waals surface area contributed by atoms with E-state index in [0.717, 1.165) is 44.4 Å². The summed E-state index contributed by atoms with van der Waals surface area (Å²) in [7, 11) is 8.01. The van der Waals surface area contributed by atoms with Gasteiger partial charge < -0.3 is 25.8 Å². The molecule has 0 bridgehead atoms. The summed E-state index contributed by atoms with van der Waals surface area (Å²) in [6.07, 6.45) is 3.14. The van der Waals surface area contributed by atoms with Gasteiger partial charge in [-0.1, -0.05) is 12.1 Å². The van der Waals surface area contributed by atoms with E-state index in [-0.39, 0.29) is 11.7 Å². The van der Waals surface area contributed by atoms with Crippen LogP contribution in [0.25, 0.3) is 0 Å². The fourth-order valence-electron chi connectivity index (χ4n) is 3.53. The highest BCUT2D eigenvalue weighted by molar-refractivity contribution is 6.05. The van der Waals surface area contributed by atoms with Gasteiger partial charge >= 0.3 is 0 Å². The van der Waals surface area contributed by atoms with Crippen LogP contribution in [0.3, 0.4) is 0 Å². The molecule has 1 unspecified atom stereocenters. The normalized spacial score (nSPS) is 11.5. The molecule has 11 heteroatoms. The van der Waals surface area contributed by atoms with Crippen LogP contribution in [-0.4, -0.2) is 94.7 Å². The lowest BCUT2D eigenvalue weighted by Gasteiger charge is -2.11. The van der Waals surface area contributed by atoms with E-state index < -0.39 is 6.04 Å². The SMILES string of the molecule is CN(C)CCCNC=O.Cc1cc(N=NC(C)C(=O)c2ccccc2NC=O)cc(C(=O)NCCCN(C)C)c1. The number of nitrogens with one attached hydrogen (secondary N) is 3. The maximum Gasteiger partial charge on any atom is 0.251 e. The standard InChI is InChI=1S/C23H29N5O3.C6H14N2O/c1-16-12-18(23(31)24-10-7-11-28(3)4)14-19(13-16)27-26-17(2)22(30)20-8-5-6-9-21(20)25-15-29;1-8(2)5-3-4-7-6-9/h5-6,8-9,12-15,17H,7,10-11H2,1-4H3,(H,24,31)(H,25,29);6H,3-5H2,1-2H3,(H,7,9). The number of aryl methyl sites for hydroxylation is 1. The summed E-state index contributed by atoms with van der Waals surface area (Å²) in [4.78, 5) is 49.8. The van der Waals surface area contributed by atoms with E-state index in [1.165, 1.54) is 0 Å². The summed E-state index contributed by atoms with van der Waals surface area (Å²) < 4.78 is 0. The predicted octanol–water partition coefficient (Wildman–Crippen LogP) is 3.28. The van der Waals surface area contributed by atoms with Gasteiger partial charge in [0.2, 0.25) is 12.8 Å². The quantitative estimate of drug-likeness (QED) is 0.126. The fourth-order valence-corrected chi connectivity index (χ4v) is 3.53. The van der Waals surface area contributed by atoms with Crippen molar-refractivity contribution in [1.29, 1.82) is 0 Å². The number of para-hydroxylation sites is 1. The minimum absolute atomic E-state index is 0.170. The zero-order valence-electron chi connectivity index (χ0n) is 24.4. The number of carbonyl (C=O) groups excluding carboxylic acids is 4. The third kappa shape index (κ3) is 13.7. The monoisotopic (exact) mass is 553 g/mol. The second-order valence-electron chi connectivity index (χ2n) is 9.76. The molecule has 0 aliphatic rings. The van der Waals surface area contributed by atoms with E-state index >= 15 is 0 Å². The summed E-state index contributed by atoms with van der Waals surface area (Å²) in [6, 6.07) is 11.2. The van der Waals surface area contributed by atoms with Crippen molar-refractivity contribution in [2.75, 3.05) is 59.7 Å². The molecule has 0 saturated heterocycles. The minimum atomic E-state index is -0.751. The molecule has 0 aliphatic heterocycles.